The third-order valence-corrected chi connectivity index (χ3v) is 11.2. The first-order valence-corrected chi connectivity index (χ1v) is 18.2. The van der Waals surface area contributed by atoms with Crippen LogP contribution in [0.2, 0.25) is 0 Å². The Balaban J connectivity index is 1.51. The average Bonchev–Trinajstić information content (AvgIpc) is 3.43. The van der Waals surface area contributed by atoms with Gasteiger partial charge in [0.2, 0.25) is 0 Å². The fraction of sp³-hybridized carbons (Fsp3) is 0.400. The van der Waals surface area contributed by atoms with Crippen molar-refractivity contribution >= 4 is 30.4 Å². The molecule has 0 radical (unpaired) electrons. The fourth-order valence-electron chi connectivity index (χ4n) is 4.85. The van der Waals surface area contributed by atoms with Gasteiger partial charge in [0.05, 0.1) is 21.3 Å². The fourth-order valence-corrected chi connectivity index (χ4v) is 7.93. The van der Waals surface area contributed by atoms with Crippen molar-refractivity contribution in [3.63, 3.8) is 0 Å². The Labute approximate surface area is 263 Å². The van der Waals surface area contributed by atoms with Crippen LogP contribution in [0.3, 0.4) is 0 Å². The molecular formula is C30H34O12S3. The van der Waals surface area contributed by atoms with Crippen molar-refractivity contribution in [1.82, 2.24) is 0 Å². The van der Waals surface area contributed by atoms with Crippen LogP contribution < -0.4 is 0 Å². The van der Waals surface area contributed by atoms with Gasteiger partial charge in [-0.1, -0.05) is 53.1 Å². The van der Waals surface area contributed by atoms with Crippen LogP contribution in [-0.2, 0) is 57.1 Å². The summed E-state index contributed by atoms with van der Waals surface area (Å²) in [6, 6.07) is 17.5. The quantitative estimate of drug-likeness (QED) is 0.270. The van der Waals surface area contributed by atoms with Crippen LogP contribution >= 0.6 is 0 Å². The number of fused-ring (bicyclic) bond motifs is 1. The Hall–Kier alpha value is -2.73. The highest BCUT2D eigenvalue weighted by Crippen LogP contribution is 2.42. The molecule has 5 unspecified atom stereocenters. The van der Waals surface area contributed by atoms with Crippen LogP contribution in [0.5, 0.6) is 0 Å². The summed E-state index contributed by atoms with van der Waals surface area (Å²) in [5.41, 5.74) is 2.41. The Bertz CT molecular complexity index is 1840. The summed E-state index contributed by atoms with van der Waals surface area (Å²) in [6.07, 6.45) is -7.19. The molecule has 0 saturated carbocycles. The van der Waals surface area contributed by atoms with E-state index in [-0.39, 0.29) is 14.7 Å². The second-order valence-electron chi connectivity index (χ2n) is 11.4. The van der Waals surface area contributed by atoms with Gasteiger partial charge in [-0.25, -0.2) is 0 Å². The number of ether oxygens (including phenoxy) is 3. The molecule has 0 N–H and O–H groups in total. The van der Waals surface area contributed by atoms with Gasteiger partial charge >= 0.3 is 0 Å². The second-order valence-corrected chi connectivity index (χ2v) is 16.1. The molecule has 3 aromatic carbocycles. The molecule has 0 aliphatic carbocycles. The predicted octanol–water partition coefficient (Wildman–Crippen LogP) is 3.74. The lowest BCUT2D eigenvalue weighted by Gasteiger charge is -2.30. The van der Waals surface area contributed by atoms with E-state index in [0.29, 0.717) is 0 Å². The summed E-state index contributed by atoms with van der Waals surface area (Å²) < 4.78 is 114. The maximum absolute atomic E-state index is 13.4. The standard InChI is InChI=1S/C30H34O12S3/c1-19-6-12-22(13-7-19)43(31,32)37-18-25(41-44(33,34)23-14-8-20(2)9-15-23)26-27(28-29(38-26)40-30(4,5)39-28)42-45(35,36)24-16-10-21(3)11-17-24/h6-17,25-29H,18H2,1-5H3. The molecule has 3 aromatic rings. The minimum Gasteiger partial charge on any atom is -0.341 e. The highest BCUT2D eigenvalue weighted by atomic mass is 32.2. The van der Waals surface area contributed by atoms with Crippen molar-refractivity contribution < 1.29 is 52.0 Å². The molecule has 2 aliphatic heterocycles. The lowest BCUT2D eigenvalue weighted by atomic mass is 10.1. The number of hydrogen-bond donors (Lipinski definition) is 0. The first-order valence-electron chi connectivity index (χ1n) is 13.9. The zero-order chi connectivity index (χ0) is 32.8. The zero-order valence-corrected chi connectivity index (χ0v) is 27.6. The summed E-state index contributed by atoms with van der Waals surface area (Å²) in [5.74, 6) is -1.20. The molecule has 2 heterocycles. The molecule has 45 heavy (non-hydrogen) atoms. The lowest BCUT2D eigenvalue weighted by molar-refractivity contribution is -0.223. The van der Waals surface area contributed by atoms with Crippen molar-refractivity contribution in [2.24, 2.45) is 0 Å². The Kier molecular flexibility index (Phi) is 9.32. The Morgan fingerprint density at radius 1 is 0.667 bits per heavy atom. The van der Waals surface area contributed by atoms with E-state index in [0.717, 1.165) is 16.7 Å². The molecule has 5 atom stereocenters. The van der Waals surface area contributed by atoms with Gasteiger partial charge in [0.25, 0.3) is 30.4 Å². The molecule has 0 bridgehead atoms. The SMILES string of the molecule is Cc1ccc(S(=O)(=O)OCC(OS(=O)(=O)c2ccc(C)cc2)C2OC3OC(C)(C)OC3C2OS(=O)(=O)c2ccc(C)cc2)cc1. The number of hydrogen-bond acceptors (Lipinski definition) is 12. The topological polar surface area (TPSA) is 158 Å². The summed E-state index contributed by atoms with van der Waals surface area (Å²) >= 11 is 0. The third kappa shape index (κ3) is 7.64. The smallest absolute Gasteiger partial charge is 0.297 e. The molecule has 0 amide bonds. The molecule has 5 rings (SSSR count). The number of rotatable bonds is 11. The maximum Gasteiger partial charge on any atom is 0.297 e. The van der Waals surface area contributed by atoms with Gasteiger partial charge in [-0.2, -0.15) is 25.3 Å². The van der Waals surface area contributed by atoms with Crippen molar-refractivity contribution in [1.29, 1.82) is 0 Å². The van der Waals surface area contributed by atoms with Gasteiger partial charge in [0.1, 0.15) is 24.4 Å². The summed E-state index contributed by atoms with van der Waals surface area (Å²) in [4.78, 5) is -0.576. The van der Waals surface area contributed by atoms with Gasteiger partial charge in [-0.3, -0.25) is 12.5 Å². The predicted molar refractivity (Wildman–Crippen MR) is 159 cm³/mol. The summed E-state index contributed by atoms with van der Waals surface area (Å²) in [7, 11) is -13.5. The van der Waals surface area contributed by atoms with Crippen LogP contribution in [0.4, 0.5) is 0 Å². The van der Waals surface area contributed by atoms with E-state index in [9.17, 15) is 25.3 Å². The molecule has 2 fully saturated rings. The van der Waals surface area contributed by atoms with Crippen LogP contribution in [-0.4, -0.2) is 68.4 Å². The molecule has 0 spiro atoms. The molecule has 15 heteroatoms. The average molecular weight is 683 g/mol. The third-order valence-electron chi connectivity index (χ3n) is 7.20. The largest absolute Gasteiger partial charge is 0.341 e. The van der Waals surface area contributed by atoms with E-state index in [2.05, 4.69) is 0 Å². The Morgan fingerprint density at radius 3 is 1.60 bits per heavy atom. The van der Waals surface area contributed by atoms with Gasteiger partial charge in [0, 0.05) is 0 Å². The van der Waals surface area contributed by atoms with Gasteiger partial charge < -0.3 is 14.2 Å². The van der Waals surface area contributed by atoms with Crippen LogP contribution in [0.25, 0.3) is 0 Å². The van der Waals surface area contributed by atoms with Crippen LogP contribution in [0, 0.1) is 20.8 Å². The van der Waals surface area contributed by atoms with Gasteiger partial charge in [-0.15, -0.1) is 0 Å². The van der Waals surface area contributed by atoms with E-state index >= 15 is 0 Å². The van der Waals surface area contributed by atoms with E-state index in [1.165, 1.54) is 36.4 Å². The monoisotopic (exact) mass is 682 g/mol. The van der Waals surface area contributed by atoms with E-state index < -0.39 is 73.5 Å². The number of aryl methyl sites for hydroxylation is 3. The normalized spacial score (nSPS) is 23.9. The maximum atomic E-state index is 13.4. The summed E-state index contributed by atoms with van der Waals surface area (Å²) in [6.45, 7) is 7.62. The minimum atomic E-state index is -4.56. The first-order chi connectivity index (χ1) is 21.0. The Morgan fingerprint density at radius 2 is 1.11 bits per heavy atom. The van der Waals surface area contributed by atoms with Crippen molar-refractivity contribution in [3.8, 4) is 0 Å². The van der Waals surface area contributed by atoms with Gasteiger partial charge in [-0.05, 0) is 71.0 Å². The van der Waals surface area contributed by atoms with Gasteiger partial charge in [0.15, 0.2) is 12.1 Å². The van der Waals surface area contributed by atoms with Crippen LogP contribution in [0.15, 0.2) is 87.5 Å². The molecule has 2 aliphatic rings. The molecule has 0 aromatic heterocycles. The van der Waals surface area contributed by atoms with E-state index in [1.54, 1.807) is 71.0 Å². The first kappa shape index (κ1) is 33.6. The second kappa shape index (κ2) is 12.5. The highest BCUT2D eigenvalue weighted by Gasteiger charge is 2.59. The van der Waals surface area contributed by atoms with E-state index in [1.807, 2.05) is 0 Å². The molecular weight excluding hydrogens is 649 g/mol. The molecule has 2 saturated heterocycles. The highest BCUT2D eigenvalue weighted by molar-refractivity contribution is 7.87. The lowest BCUT2D eigenvalue weighted by Crippen LogP contribution is -2.47. The summed E-state index contributed by atoms with van der Waals surface area (Å²) in [5, 5.41) is 0. The van der Waals surface area contributed by atoms with E-state index in [4.69, 9.17) is 26.8 Å². The number of benzene rings is 3. The molecule has 244 valence electrons. The minimum absolute atomic E-state index is 0.170. The van der Waals surface area contributed by atoms with Crippen molar-refractivity contribution in [3.05, 3.63) is 89.5 Å². The zero-order valence-electron chi connectivity index (χ0n) is 25.1. The van der Waals surface area contributed by atoms with Crippen molar-refractivity contribution in [2.45, 2.75) is 85.8 Å². The van der Waals surface area contributed by atoms with Crippen molar-refractivity contribution in [2.75, 3.05) is 6.61 Å². The molecule has 12 nitrogen and oxygen atoms in total. The van der Waals surface area contributed by atoms with Crippen LogP contribution in [0.1, 0.15) is 30.5 Å².